The molecule has 0 atom stereocenters. The highest BCUT2D eigenvalue weighted by molar-refractivity contribution is 6.03. The maximum atomic E-state index is 12.5. The van der Waals surface area contributed by atoms with Gasteiger partial charge in [0.1, 0.15) is 0 Å². The largest absolute Gasteiger partial charge is 0.493 e. The van der Waals surface area contributed by atoms with Gasteiger partial charge in [-0.05, 0) is 48.9 Å². The van der Waals surface area contributed by atoms with Crippen molar-refractivity contribution in [1.82, 2.24) is 0 Å². The maximum Gasteiger partial charge on any atom is 0.343 e. The number of rotatable bonds is 5. The number of nitrogens with zero attached hydrogens (tertiary/aromatic N) is 1. The Labute approximate surface area is 161 Å². The number of carbonyl (C=O) groups is 2. The molecule has 1 N–H and O–H groups in total. The van der Waals surface area contributed by atoms with Crippen LogP contribution < -0.4 is 14.8 Å². The molecule has 0 bridgehead atoms. The standard InChI is InChI=1S/C21H16N2O5/c1-13-5-7-15(11-16(13)23-20(24)18-4-3-9-27-18)21(25)28-17-8-6-14(12-22)10-19(17)26-2/h3-11H,1-2H3,(H,23,24). The van der Waals surface area contributed by atoms with Crippen LogP contribution in [0.3, 0.4) is 0 Å². The molecule has 0 saturated heterocycles. The molecule has 140 valence electrons. The van der Waals surface area contributed by atoms with Crippen molar-refractivity contribution in [2.45, 2.75) is 6.92 Å². The van der Waals surface area contributed by atoms with Crippen molar-refractivity contribution in [2.24, 2.45) is 0 Å². The first-order chi connectivity index (χ1) is 13.5. The van der Waals surface area contributed by atoms with Gasteiger partial charge in [-0.15, -0.1) is 0 Å². The van der Waals surface area contributed by atoms with E-state index < -0.39 is 11.9 Å². The molecule has 0 fully saturated rings. The van der Waals surface area contributed by atoms with E-state index in [1.54, 1.807) is 31.2 Å². The molecule has 28 heavy (non-hydrogen) atoms. The predicted molar refractivity (Wildman–Crippen MR) is 101 cm³/mol. The molecule has 0 aliphatic carbocycles. The fourth-order valence-corrected chi connectivity index (χ4v) is 2.46. The van der Waals surface area contributed by atoms with E-state index in [1.165, 1.54) is 37.6 Å². The van der Waals surface area contributed by atoms with Gasteiger partial charge >= 0.3 is 5.97 Å². The zero-order valence-electron chi connectivity index (χ0n) is 15.2. The van der Waals surface area contributed by atoms with Crippen LogP contribution in [0.5, 0.6) is 11.5 Å². The van der Waals surface area contributed by atoms with E-state index in [2.05, 4.69) is 5.32 Å². The maximum absolute atomic E-state index is 12.5. The first-order valence-electron chi connectivity index (χ1n) is 8.27. The van der Waals surface area contributed by atoms with Gasteiger partial charge in [-0.2, -0.15) is 5.26 Å². The average Bonchev–Trinajstić information content (AvgIpc) is 3.24. The van der Waals surface area contributed by atoms with Crippen molar-refractivity contribution in [2.75, 3.05) is 12.4 Å². The van der Waals surface area contributed by atoms with Gasteiger partial charge in [-0.3, -0.25) is 4.79 Å². The van der Waals surface area contributed by atoms with E-state index >= 15 is 0 Å². The lowest BCUT2D eigenvalue weighted by molar-refractivity contribution is 0.0729. The second kappa shape index (κ2) is 8.10. The predicted octanol–water partition coefficient (Wildman–Crippen LogP) is 3.94. The second-order valence-electron chi connectivity index (χ2n) is 5.83. The zero-order valence-corrected chi connectivity index (χ0v) is 15.2. The van der Waals surface area contributed by atoms with E-state index in [0.717, 1.165) is 5.56 Å². The molecule has 1 amide bonds. The number of aryl methyl sites for hydroxylation is 1. The number of nitriles is 1. The molecule has 1 heterocycles. The molecular weight excluding hydrogens is 360 g/mol. The summed E-state index contributed by atoms with van der Waals surface area (Å²) in [6.45, 7) is 1.80. The topological polar surface area (TPSA) is 102 Å². The van der Waals surface area contributed by atoms with Crippen molar-refractivity contribution >= 4 is 17.6 Å². The van der Waals surface area contributed by atoms with E-state index in [-0.39, 0.29) is 22.8 Å². The summed E-state index contributed by atoms with van der Waals surface area (Å²) in [5.41, 5.74) is 1.86. The summed E-state index contributed by atoms with van der Waals surface area (Å²) in [5.74, 6) is -0.433. The van der Waals surface area contributed by atoms with Crippen LogP contribution in [0.15, 0.2) is 59.2 Å². The number of hydrogen-bond acceptors (Lipinski definition) is 6. The fourth-order valence-electron chi connectivity index (χ4n) is 2.46. The third-order valence-corrected chi connectivity index (χ3v) is 3.96. The van der Waals surface area contributed by atoms with Crippen molar-refractivity contribution in [3.8, 4) is 17.6 Å². The third-order valence-electron chi connectivity index (χ3n) is 3.96. The van der Waals surface area contributed by atoms with Crippen LogP contribution in [0.2, 0.25) is 0 Å². The number of amides is 1. The number of benzene rings is 2. The molecule has 0 aliphatic rings. The molecule has 0 unspecified atom stereocenters. The van der Waals surface area contributed by atoms with Gasteiger partial charge in [0.15, 0.2) is 17.3 Å². The summed E-state index contributed by atoms with van der Waals surface area (Å²) in [6, 6.07) is 14.4. The van der Waals surface area contributed by atoms with Crippen molar-refractivity contribution in [3.63, 3.8) is 0 Å². The summed E-state index contributed by atoms with van der Waals surface area (Å²) in [7, 11) is 1.42. The van der Waals surface area contributed by atoms with Crippen LogP contribution in [0, 0.1) is 18.3 Å². The van der Waals surface area contributed by atoms with Crippen molar-refractivity contribution in [3.05, 3.63) is 77.2 Å². The molecule has 7 heteroatoms. The summed E-state index contributed by atoms with van der Waals surface area (Å²) < 4.78 is 15.6. The molecule has 0 radical (unpaired) electrons. The first kappa shape index (κ1) is 18.7. The Hall–Kier alpha value is -4.05. The lowest BCUT2D eigenvalue weighted by Gasteiger charge is -2.11. The van der Waals surface area contributed by atoms with Gasteiger partial charge in [0.2, 0.25) is 0 Å². The van der Waals surface area contributed by atoms with Gasteiger partial charge in [0.25, 0.3) is 5.91 Å². The highest BCUT2D eigenvalue weighted by Gasteiger charge is 2.16. The molecular formula is C21H16N2O5. The highest BCUT2D eigenvalue weighted by Crippen LogP contribution is 2.29. The third kappa shape index (κ3) is 4.02. The Morgan fingerprint density at radius 3 is 2.61 bits per heavy atom. The molecule has 7 nitrogen and oxygen atoms in total. The number of nitrogens with one attached hydrogen (secondary N) is 1. The molecule has 3 rings (SSSR count). The molecule has 2 aromatic carbocycles. The van der Waals surface area contributed by atoms with E-state index in [9.17, 15) is 9.59 Å². The minimum absolute atomic E-state index is 0.162. The Morgan fingerprint density at radius 2 is 1.93 bits per heavy atom. The smallest absolute Gasteiger partial charge is 0.343 e. The summed E-state index contributed by atoms with van der Waals surface area (Å²) in [4.78, 5) is 24.7. The number of esters is 1. The van der Waals surface area contributed by atoms with E-state index in [4.69, 9.17) is 19.2 Å². The van der Waals surface area contributed by atoms with E-state index in [1.807, 2.05) is 6.07 Å². The zero-order chi connectivity index (χ0) is 20.1. The van der Waals surface area contributed by atoms with Crippen LogP contribution in [-0.4, -0.2) is 19.0 Å². The Morgan fingerprint density at radius 1 is 1.11 bits per heavy atom. The van der Waals surface area contributed by atoms with Gasteiger partial charge in [0.05, 0.1) is 30.6 Å². The summed E-state index contributed by atoms with van der Waals surface area (Å²) in [5, 5.41) is 11.7. The normalized spacial score (nSPS) is 10.0. The fraction of sp³-hybridized carbons (Fsp3) is 0.0952. The monoisotopic (exact) mass is 376 g/mol. The Balaban J connectivity index is 1.81. The molecule has 0 spiro atoms. The molecule has 1 aromatic heterocycles. The molecule has 3 aromatic rings. The van der Waals surface area contributed by atoms with Crippen LogP contribution in [-0.2, 0) is 0 Å². The van der Waals surface area contributed by atoms with Crippen molar-refractivity contribution < 1.29 is 23.5 Å². The second-order valence-corrected chi connectivity index (χ2v) is 5.83. The first-order valence-corrected chi connectivity index (χ1v) is 8.27. The number of carbonyl (C=O) groups excluding carboxylic acids is 2. The average molecular weight is 376 g/mol. The Bertz CT molecular complexity index is 1060. The van der Waals surface area contributed by atoms with Gasteiger partial charge in [-0.25, -0.2) is 4.79 Å². The minimum atomic E-state index is -0.628. The van der Waals surface area contributed by atoms with Crippen LogP contribution >= 0.6 is 0 Å². The summed E-state index contributed by atoms with van der Waals surface area (Å²) >= 11 is 0. The molecule has 0 aliphatic heterocycles. The van der Waals surface area contributed by atoms with Gasteiger partial charge in [0, 0.05) is 11.8 Å². The number of ether oxygens (including phenoxy) is 2. The van der Waals surface area contributed by atoms with Gasteiger partial charge in [-0.1, -0.05) is 6.07 Å². The van der Waals surface area contributed by atoms with E-state index in [0.29, 0.717) is 11.3 Å². The minimum Gasteiger partial charge on any atom is -0.493 e. The van der Waals surface area contributed by atoms with Gasteiger partial charge < -0.3 is 19.2 Å². The number of methoxy groups -OCH3 is 1. The number of furan rings is 1. The van der Waals surface area contributed by atoms with Crippen molar-refractivity contribution in [1.29, 1.82) is 5.26 Å². The lowest BCUT2D eigenvalue weighted by atomic mass is 10.1. The number of hydrogen-bond donors (Lipinski definition) is 1. The van der Waals surface area contributed by atoms with Crippen LogP contribution in [0.4, 0.5) is 5.69 Å². The summed E-state index contributed by atoms with van der Waals surface area (Å²) in [6.07, 6.45) is 1.40. The number of anilines is 1. The lowest BCUT2D eigenvalue weighted by Crippen LogP contribution is -2.14. The SMILES string of the molecule is COc1cc(C#N)ccc1OC(=O)c1ccc(C)c(NC(=O)c2ccco2)c1. The quantitative estimate of drug-likeness (QED) is 0.535. The highest BCUT2D eigenvalue weighted by atomic mass is 16.6. The van der Waals surface area contributed by atoms with Crippen LogP contribution in [0.25, 0.3) is 0 Å². The Kier molecular flexibility index (Phi) is 5.42. The molecule has 0 saturated carbocycles. The van der Waals surface area contributed by atoms with Crippen LogP contribution in [0.1, 0.15) is 32.0 Å².